The number of aromatic carboxylic acids is 1. The Bertz CT molecular complexity index is 1530. The van der Waals surface area contributed by atoms with Crippen LogP contribution < -0.4 is 10.7 Å². The standard InChI is InChI=1S/C31H31NO5/c1-5-6-11-27(33)21-12-14-22(15-13-21)29-19(3)28(34)25-17-18(2)16-24(30(25)37-29)20(4)32-26-10-8-7-9-23(26)31(35)36/h7-10,12-17,20,32H,5-6,11H2,1-4H3,(H,35,36). The average molecular weight is 498 g/mol. The van der Waals surface area contributed by atoms with Crippen molar-refractivity contribution in [3.8, 4) is 11.3 Å². The van der Waals surface area contributed by atoms with Crippen molar-refractivity contribution >= 4 is 28.4 Å². The van der Waals surface area contributed by atoms with Crippen molar-refractivity contribution < 1.29 is 19.1 Å². The summed E-state index contributed by atoms with van der Waals surface area (Å²) in [5.74, 6) is -0.469. The number of ketones is 1. The first-order valence-corrected chi connectivity index (χ1v) is 12.5. The number of hydrogen-bond acceptors (Lipinski definition) is 5. The molecule has 4 aromatic rings. The van der Waals surface area contributed by atoms with Crippen molar-refractivity contribution in [2.45, 2.75) is 53.0 Å². The lowest BCUT2D eigenvalue weighted by Crippen LogP contribution is -2.14. The Morgan fingerprint density at radius 2 is 1.73 bits per heavy atom. The topological polar surface area (TPSA) is 96.6 Å². The van der Waals surface area contributed by atoms with Crippen molar-refractivity contribution in [2.24, 2.45) is 0 Å². The maximum atomic E-state index is 13.4. The first-order valence-electron chi connectivity index (χ1n) is 12.5. The van der Waals surface area contributed by atoms with Gasteiger partial charge in [0.05, 0.1) is 17.0 Å². The summed E-state index contributed by atoms with van der Waals surface area (Å²) in [6.07, 6.45) is 2.32. The highest BCUT2D eigenvalue weighted by Crippen LogP contribution is 2.33. The van der Waals surface area contributed by atoms with Gasteiger partial charge in [-0.05, 0) is 51.0 Å². The van der Waals surface area contributed by atoms with E-state index in [4.69, 9.17) is 4.42 Å². The lowest BCUT2D eigenvalue weighted by molar-refractivity contribution is 0.0697. The highest BCUT2D eigenvalue weighted by atomic mass is 16.4. The fourth-order valence-electron chi connectivity index (χ4n) is 4.56. The van der Waals surface area contributed by atoms with Gasteiger partial charge >= 0.3 is 5.97 Å². The number of rotatable bonds is 9. The van der Waals surface area contributed by atoms with Crippen LogP contribution in [0, 0.1) is 13.8 Å². The molecule has 0 bridgehead atoms. The lowest BCUT2D eigenvalue weighted by atomic mass is 9.98. The number of carboxylic acid groups (broad SMARTS) is 1. The van der Waals surface area contributed by atoms with Gasteiger partial charge < -0.3 is 14.8 Å². The molecule has 2 N–H and O–H groups in total. The third kappa shape index (κ3) is 5.33. The quantitative estimate of drug-likeness (QED) is 0.235. The lowest BCUT2D eigenvalue weighted by Gasteiger charge is -2.20. The molecule has 0 amide bonds. The van der Waals surface area contributed by atoms with E-state index in [1.54, 1.807) is 43.3 Å². The number of unbranched alkanes of at least 4 members (excludes halogenated alkanes) is 1. The zero-order valence-corrected chi connectivity index (χ0v) is 21.6. The van der Waals surface area contributed by atoms with Gasteiger partial charge in [0.1, 0.15) is 11.3 Å². The molecule has 0 spiro atoms. The minimum atomic E-state index is -1.02. The smallest absolute Gasteiger partial charge is 0.337 e. The van der Waals surface area contributed by atoms with Gasteiger partial charge in [-0.2, -0.15) is 0 Å². The molecule has 0 saturated heterocycles. The molecule has 0 aliphatic rings. The molecular formula is C31H31NO5. The Balaban J connectivity index is 1.79. The molecule has 1 heterocycles. The molecule has 6 nitrogen and oxygen atoms in total. The third-order valence-electron chi connectivity index (χ3n) is 6.61. The Kier molecular flexibility index (Phi) is 7.58. The monoisotopic (exact) mass is 497 g/mol. The molecular weight excluding hydrogens is 466 g/mol. The van der Waals surface area contributed by atoms with Crippen LogP contribution in [0.25, 0.3) is 22.3 Å². The minimum absolute atomic E-state index is 0.101. The van der Waals surface area contributed by atoms with Crippen molar-refractivity contribution in [1.29, 1.82) is 0 Å². The summed E-state index contributed by atoms with van der Waals surface area (Å²) in [6, 6.07) is 17.3. The van der Waals surface area contributed by atoms with Crippen molar-refractivity contribution in [2.75, 3.05) is 5.32 Å². The predicted molar refractivity (Wildman–Crippen MR) is 147 cm³/mol. The number of carbonyl (C=O) groups is 2. The molecule has 190 valence electrons. The number of anilines is 1. The van der Waals surface area contributed by atoms with E-state index in [2.05, 4.69) is 12.2 Å². The Morgan fingerprint density at radius 3 is 2.41 bits per heavy atom. The van der Waals surface area contributed by atoms with Gasteiger partial charge in [0, 0.05) is 34.4 Å². The second-order valence-electron chi connectivity index (χ2n) is 9.44. The van der Waals surface area contributed by atoms with E-state index in [1.807, 2.05) is 38.1 Å². The summed E-state index contributed by atoms with van der Waals surface area (Å²) in [4.78, 5) is 37.5. The van der Waals surface area contributed by atoms with Crippen LogP contribution in [0.1, 0.15) is 76.6 Å². The summed E-state index contributed by atoms with van der Waals surface area (Å²) in [5, 5.41) is 13.3. The maximum absolute atomic E-state index is 13.4. The van der Waals surface area contributed by atoms with Crippen molar-refractivity contribution in [1.82, 2.24) is 0 Å². The normalized spacial score (nSPS) is 11.9. The Morgan fingerprint density at radius 1 is 1.03 bits per heavy atom. The van der Waals surface area contributed by atoms with Crippen LogP contribution in [0.5, 0.6) is 0 Å². The van der Waals surface area contributed by atoms with E-state index in [9.17, 15) is 19.5 Å². The number of hydrogen-bond donors (Lipinski definition) is 2. The Labute approximate surface area is 216 Å². The van der Waals surface area contributed by atoms with Gasteiger partial charge in [-0.3, -0.25) is 9.59 Å². The predicted octanol–water partition coefficient (Wildman–Crippen LogP) is 7.32. The van der Waals surface area contributed by atoms with Crippen LogP contribution >= 0.6 is 0 Å². The number of fused-ring (bicyclic) bond motifs is 1. The highest BCUT2D eigenvalue weighted by Gasteiger charge is 2.20. The molecule has 0 aliphatic heterocycles. The minimum Gasteiger partial charge on any atom is -0.478 e. The first-order chi connectivity index (χ1) is 17.7. The molecule has 37 heavy (non-hydrogen) atoms. The van der Waals surface area contributed by atoms with Crippen LogP contribution in [0.3, 0.4) is 0 Å². The van der Waals surface area contributed by atoms with Crippen LogP contribution in [-0.2, 0) is 0 Å². The van der Waals surface area contributed by atoms with Gasteiger partial charge in [0.25, 0.3) is 0 Å². The summed E-state index contributed by atoms with van der Waals surface area (Å²) in [5.41, 5.74) is 4.47. The van der Waals surface area contributed by atoms with Crippen LogP contribution in [0.2, 0.25) is 0 Å². The summed E-state index contributed by atoms with van der Waals surface area (Å²) >= 11 is 0. The Hall–Kier alpha value is -4.19. The fraction of sp³-hybridized carbons (Fsp3) is 0.258. The molecule has 0 fully saturated rings. The molecule has 1 atom stereocenters. The first kappa shape index (κ1) is 25.9. The number of benzene rings is 3. The fourth-order valence-corrected chi connectivity index (χ4v) is 4.56. The number of para-hydroxylation sites is 1. The van der Waals surface area contributed by atoms with E-state index >= 15 is 0 Å². The van der Waals surface area contributed by atoms with Crippen molar-refractivity contribution in [3.05, 3.63) is 98.7 Å². The summed E-state index contributed by atoms with van der Waals surface area (Å²) in [6.45, 7) is 7.62. The van der Waals surface area contributed by atoms with Gasteiger partial charge in [-0.1, -0.05) is 55.8 Å². The number of carboxylic acids is 1. The summed E-state index contributed by atoms with van der Waals surface area (Å²) < 4.78 is 6.41. The maximum Gasteiger partial charge on any atom is 0.337 e. The largest absolute Gasteiger partial charge is 0.478 e. The van der Waals surface area contributed by atoms with Crippen LogP contribution in [0.15, 0.2) is 69.9 Å². The van der Waals surface area contributed by atoms with E-state index in [0.29, 0.717) is 45.5 Å². The van der Waals surface area contributed by atoms with Gasteiger partial charge in [0.2, 0.25) is 0 Å². The average Bonchev–Trinajstić information content (AvgIpc) is 2.89. The van der Waals surface area contributed by atoms with E-state index in [0.717, 1.165) is 24.0 Å². The number of Topliss-reactive ketones (excluding diaryl/α,β-unsaturated/α-hetero) is 1. The number of aryl methyl sites for hydroxylation is 1. The van der Waals surface area contributed by atoms with Gasteiger partial charge in [-0.25, -0.2) is 4.79 Å². The van der Waals surface area contributed by atoms with Gasteiger partial charge in [-0.15, -0.1) is 0 Å². The van der Waals surface area contributed by atoms with Gasteiger partial charge in [0.15, 0.2) is 11.2 Å². The SMILES string of the molecule is CCCCC(=O)c1ccc(-c2oc3c(C(C)Nc4ccccc4C(=O)O)cc(C)cc3c(=O)c2C)cc1. The van der Waals surface area contributed by atoms with E-state index in [1.165, 1.54) is 0 Å². The second kappa shape index (κ2) is 10.8. The van der Waals surface area contributed by atoms with Crippen LogP contribution in [-0.4, -0.2) is 16.9 Å². The zero-order chi connectivity index (χ0) is 26.7. The van der Waals surface area contributed by atoms with E-state index in [-0.39, 0.29) is 22.8 Å². The highest BCUT2D eigenvalue weighted by molar-refractivity contribution is 5.96. The molecule has 0 saturated carbocycles. The number of carbonyl (C=O) groups excluding carboxylic acids is 1. The number of nitrogens with one attached hydrogen (secondary N) is 1. The third-order valence-corrected chi connectivity index (χ3v) is 6.61. The summed E-state index contributed by atoms with van der Waals surface area (Å²) in [7, 11) is 0. The van der Waals surface area contributed by atoms with Crippen LogP contribution in [0.4, 0.5) is 5.69 Å². The molecule has 0 aliphatic carbocycles. The molecule has 3 aromatic carbocycles. The zero-order valence-electron chi connectivity index (χ0n) is 21.6. The second-order valence-corrected chi connectivity index (χ2v) is 9.44. The molecule has 6 heteroatoms. The van der Waals surface area contributed by atoms with Crippen molar-refractivity contribution in [3.63, 3.8) is 0 Å². The van der Waals surface area contributed by atoms with E-state index < -0.39 is 5.97 Å². The molecule has 1 aromatic heterocycles. The molecule has 4 rings (SSSR count). The molecule has 1 unspecified atom stereocenters. The molecule has 0 radical (unpaired) electrons.